The molecular weight excluding hydrogens is 256 g/mol. The Labute approximate surface area is 122 Å². The van der Waals surface area contributed by atoms with Crippen LogP contribution in [0.1, 0.15) is 47.5 Å². The van der Waals surface area contributed by atoms with Gasteiger partial charge in [-0.05, 0) is 54.0 Å². The number of aliphatic carboxylic acids is 1. The Morgan fingerprint density at radius 3 is 2.70 bits per heavy atom. The van der Waals surface area contributed by atoms with E-state index in [4.69, 9.17) is 4.74 Å². The van der Waals surface area contributed by atoms with Gasteiger partial charge in [-0.15, -0.1) is 0 Å². The van der Waals surface area contributed by atoms with Crippen molar-refractivity contribution in [2.24, 2.45) is 0 Å². The third-order valence-electron chi connectivity index (χ3n) is 3.94. The standard InChI is InChI=1S/C15H30N2O3/c1-11(2)16-15(5,14(18)19)7-6-8-17-9-13(4)20-10-12(17)3/h11-13,16H,6-10H2,1-5H3,(H,18,19). The number of rotatable bonds is 7. The number of morpholine rings is 1. The average Bonchev–Trinajstić information content (AvgIpc) is 2.32. The Kier molecular flexibility index (Phi) is 6.43. The van der Waals surface area contributed by atoms with E-state index < -0.39 is 11.5 Å². The molecule has 0 bridgehead atoms. The second kappa shape index (κ2) is 7.38. The highest BCUT2D eigenvalue weighted by Crippen LogP contribution is 2.17. The molecule has 3 atom stereocenters. The predicted octanol–water partition coefficient (Wildman–Crippen LogP) is 1.72. The number of carboxylic acid groups (broad SMARTS) is 1. The monoisotopic (exact) mass is 286 g/mol. The van der Waals surface area contributed by atoms with E-state index in [2.05, 4.69) is 24.1 Å². The van der Waals surface area contributed by atoms with Crippen LogP contribution in [0.4, 0.5) is 0 Å². The van der Waals surface area contributed by atoms with Crippen molar-refractivity contribution in [2.75, 3.05) is 19.7 Å². The van der Waals surface area contributed by atoms with Crippen molar-refractivity contribution in [1.82, 2.24) is 10.2 Å². The number of carboxylic acids is 1. The molecule has 1 fully saturated rings. The highest BCUT2D eigenvalue weighted by molar-refractivity contribution is 5.78. The molecule has 5 heteroatoms. The molecule has 0 amide bonds. The van der Waals surface area contributed by atoms with E-state index in [1.807, 2.05) is 13.8 Å². The molecular formula is C15H30N2O3. The van der Waals surface area contributed by atoms with Crippen LogP contribution in [-0.2, 0) is 9.53 Å². The molecule has 2 N–H and O–H groups in total. The lowest BCUT2D eigenvalue weighted by Gasteiger charge is -2.37. The zero-order chi connectivity index (χ0) is 15.3. The van der Waals surface area contributed by atoms with Crippen LogP contribution in [0, 0.1) is 0 Å². The summed E-state index contributed by atoms with van der Waals surface area (Å²) in [5.74, 6) is -0.769. The number of carbonyl (C=O) groups is 1. The number of nitrogens with zero attached hydrogens (tertiary/aromatic N) is 1. The Morgan fingerprint density at radius 1 is 1.50 bits per heavy atom. The van der Waals surface area contributed by atoms with Crippen LogP contribution in [0.2, 0.25) is 0 Å². The van der Waals surface area contributed by atoms with Crippen molar-refractivity contribution >= 4 is 5.97 Å². The average molecular weight is 286 g/mol. The minimum atomic E-state index is -0.838. The fraction of sp³-hybridized carbons (Fsp3) is 0.933. The van der Waals surface area contributed by atoms with E-state index in [9.17, 15) is 9.90 Å². The summed E-state index contributed by atoms with van der Waals surface area (Å²) in [4.78, 5) is 13.9. The lowest BCUT2D eigenvalue weighted by atomic mass is 9.94. The minimum Gasteiger partial charge on any atom is -0.480 e. The molecule has 1 saturated heterocycles. The van der Waals surface area contributed by atoms with Crippen molar-refractivity contribution < 1.29 is 14.6 Å². The summed E-state index contributed by atoms with van der Waals surface area (Å²) in [7, 11) is 0. The fourth-order valence-electron chi connectivity index (χ4n) is 2.80. The van der Waals surface area contributed by atoms with Crippen LogP contribution in [-0.4, -0.2) is 59.4 Å². The molecule has 0 spiro atoms. The van der Waals surface area contributed by atoms with Crippen LogP contribution in [0.25, 0.3) is 0 Å². The molecule has 1 aliphatic heterocycles. The largest absolute Gasteiger partial charge is 0.480 e. The molecule has 1 heterocycles. The normalized spacial score (nSPS) is 27.5. The van der Waals surface area contributed by atoms with Crippen molar-refractivity contribution in [3.05, 3.63) is 0 Å². The number of hydrogen-bond donors (Lipinski definition) is 2. The molecule has 0 saturated carbocycles. The second-order valence-corrected chi connectivity index (χ2v) is 6.53. The molecule has 0 aromatic heterocycles. The molecule has 0 aromatic rings. The van der Waals surface area contributed by atoms with Gasteiger partial charge < -0.3 is 9.84 Å². The maximum absolute atomic E-state index is 11.5. The highest BCUT2D eigenvalue weighted by atomic mass is 16.5. The van der Waals surface area contributed by atoms with Gasteiger partial charge in [-0.3, -0.25) is 15.0 Å². The topological polar surface area (TPSA) is 61.8 Å². The van der Waals surface area contributed by atoms with Gasteiger partial charge >= 0.3 is 5.97 Å². The number of hydrogen-bond acceptors (Lipinski definition) is 4. The molecule has 5 nitrogen and oxygen atoms in total. The predicted molar refractivity (Wildman–Crippen MR) is 80.0 cm³/mol. The molecule has 3 unspecified atom stereocenters. The third-order valence-corrected chi connectivity index (χ3v) is 3.94. The summed E-state index contributed by atoms with van der Waals surface area (Å²) in [6, 6.07) is 0.582. The quantitative estimate of drug-likeness (QED) is 0.746. The first-order chi connectivity index (χ1) is 9.24. The smallest absolute Gasteiger partial charge is 0.323 e. The van der Waals surface area contributed by atoms with E-state index in [0.29, 0.717) is 12.5 Å². The van der Waals surface area contributed by atoms with Gasteiger partial charge in [0.25, 0.3) is 0 Å². The zero-order valence-corrected chi connectivity index (χ0v) is 13.5. The lowest BCUT2D eigenvalue weighted by molar-refractivity contribution is -0.145. The van der Waals surface area contributed by atoms with E-state index in [0.717, 1.165) is 26.1 Å². The van der Waals surface area contributed by atoms with Crippen molar-refractivity contribution in [1.29, 1.82) is 0 Å². The van der Waals surface area contributed by atoms with E-state index in [-0.39, 0.29) is 12.1 Å². The molecule has 0 aliphatic carbocycles. The molecule has 0 radical (unpaired) electrons. The molecule has 1 aliphatic rings. The molecule has 1 rings (SSSR count). The van der Waals surface area contributed by atoms with Crippen molar-refractivity contribution in [3.8, 4) is 0 Å². The Balaban J connectivity index is 2.46. The van der Waals surface area contributed by atoms with Crippen LogP contribution in [0.5, 0.6) is 0 Å². The third kappa shape index (κ3) is 5.04. The maximum atomic E-state index is 11.5. The fourth-order valence-corrected chi connectivity index (χ4v) is 2.80. The van der Waals surface area contributed by atoms with Gasteiger partial charge in [-0.1, -0.05) is 0 Å². The molecule has 118 valence electrons. The first-order valence-electron chi connectivity index (χ1n) is 7.61. The number of nitrogens with one attached hydrogen (secondary N) is 1. The van der Waals surface area contributed by atoms with Gasteiger partial charge in [-0.25, -0.2) is 0 Å². The van der Waals surface area contributed by atoms with E-state index >= 15 is 0 Å². The summed E-state index contributed by atoms with van der Waals surface area (Å²) >= 11 is 0. The van der Waals surface area contributed by atoms with E-state index in [1.165, 1.54) is 0 Å². The van der Waals surface area contributed by atoms with Gasteiger partial charge in [0.2, 0.25) is 0 Å². The SMILES string of the molecule is CC(C)NC(C)(CCCN1CC(C)OCC1C)C(=O)O. The summed E-state index contributed by atoms with van der Waals surface area (Å²) in [6.45, 7) is 12.6. The van der Waals surface area contributed by atoms with Gasteiger partial charge in [0.1, 0.15) is 5.54 Å². The van der Waals surface area contributed by atoms with Gasteiger partial charge in [0, 0.05) is 18.6 Å². The number of ether oxygens (including phenoxy) is 1. The summed E-state index contributed by atoms with van der Waals surface area (Å²) in [5.41, 5.74) is -0.838. The zero-order valence-electron chi connectivity index (χ0n) is 13.5. The first kappa shape index (κ1) is 17.4. The Hall–Kier alpha value is -0.650. The maximum Gasteiger partial charge on any atom is 0.323 e. The van der Waals surface area contributed by atoms with Crippen LogP contribution >= 0.6 is 0 Å². The second-order valence-electron chi connectivity index (χ2n) is 6.53. The van der Waals surface area contributed by atoms with Crippen molar-refractivity contribution in [3.63, 3.8) is 0 Å². The van der Waals surface area contributed by atoms with Crippen molar-refractivity contribution in [2.45, 2.75) is 71.2 Å². The lowest BCUT2D eigenvalue weighted by Crippen LogP contribution is -2.53. The van der Waals surface area contributed by atoms with Gasteiger partial charge in [0.15, 0.2) is 0 Å². The molecule has 20 heavy (non-hydrogen) atoms. The minimum absolute atomic E-state index is 0.165. The van der Waals surface area contributed by atoms with Crippen LogP contribution < -0.4 is 5.32 Å². The summed E-state index contributed by atoms with van der Waals surface area (Å²) < 4.78 is 5.61. The first-order valence-corrected chi connectivity index (χ1v) is 7.61. The Morgan fingerprint density at radius 2 is 2.15 bits per heavy atom. The van der Waals surface area contributed by atoms with Gasteiger partial charge in [0.05, 0.1) is 12.7 Å². The summed E-state index contributed by atoms with van der Waals surface area (Å²) in [6.07, 6.45) is 1.78. The van der Waals surface area contributed by atoms with E-state index in [1.54, 1.807) is 6.92 Å². The molecule has 0 aromatic carbocycles. The summed E-state index contributed by atoms with van der Waals surface area (Å²) in [5, 5.41) is 12.6. The Bertz CT molecular complexity index is 322. The van der Waals surface area contributed by atoms with Crippen LogP contribution in [0.15, 0.2) is 0 Å². The van der Waals surface area contributed by atoms with Crippen LogP contribution in [0.3, 0.4) is 0 Å². The highest BCUT2D eigenvalue weighted by Gasteiger charge is 2.33. The van der Waals surface area contributed by atoms with Gasteiger partial charge in [-0.2, -0.15) is 0 Å².